The largest absolute Gasteiger partial charge is 0.477 e. The van der Waals surface area contributed by atoms with Crippen LogP contribution < -0.4 is 9.80 Å². The Bertz CT molecular complexity index is 1820. The molecule has 8 rings (SSSR count). The fraction of sp³-hybridized carbons (Fsp3) is 0.424. The van der Waals surface area contributed by atoms with Gasteiger partial charge in [0.2, 0.25) is 5.82 Å². The molecule has 44 heavy (non-hydrogen) atoms. The Labute approximate surface area is 254 Å². The maximum atomic E-state index is 13.9. The Morgan fingerprint density at radius 2 is 1.77 bits per heavy atom. The maximum absolute atomic E-state index is 13.9. The van der Waals surface area contributed by atoms with Crippen LogP contribution >= 0.6 is 0 Å². The van der Waals surface area contributed by atoms with Crippen LogP contribution in [-0.2, 0) is 0 Å². The summed E-state index contributed by atoms with van der Waals surface area (Å²) in [7, 11) is 0. The van der Waals surface area contributed by atoms with Gasteiger partial charge in [0.05, 0.1) is 11.9 Å². The van der Waals surface area contributed by atoms with E-state index in [2.05, 4.69) is 30.9 Å². The number of carbonyl (C=O) groups excluding carboxylic acids is 1. The zero-order valence-electron chi connectivity index (χ0n) is 24.6. The number of amides is 1. The summed E-state index contributed by atoms with van der Waals surface area (Å²) in [5, 5.41) is 14.0. The summed E-state index contributed by atoms with van der Waals surface area (Å²) in [5.74, 6) is -0.119. The quantitative estimate of drug-likeness (QED) is 0.362. The molecule has 1 N–H and O–H groups in total. The number of aromatic nitrogens is 4. The number of halogens is 1. The van der Waals surface area contributed by atoms with Gasteiger partial charge in [-0.25, -0.2) is 23.7 Å². The minimum Gasteiger partial charge on any atom is -0.477 e. The molecule has 11 heteroatoms. The van der Waals surface area contributed by atoms with Gasteiger partial charge in [0.25, 0.3) is 5.91 Å². The van der Waals surface area contributed by atoms with Crippen LogP contribution in [0.5, 0.6) is 0 Å². The summed E-state index contributed by atoms with van der Waals surface area (Å²) >= 11 is 0. The number of hydrogen-bond donors (Lipinski definition) is 1. The summed E-state index contributed by atoms with van der Waals surface area (Å²) < 4.78 is 15.6. The molecule has 0 bridgehead atoms. The van der Waals surface area contributed by atoms with Crippen molar-refractivity contribution in [1.82, 2.24) is 24.5 Å². The van der Waals surface area contributed by atoms with Crippen molar-refractivity contribution in [3.63, 3.8) is 0 Å². The average Bonchev–Trinajstić information content (AvgIpc) is 3.71. The number of aryl methyl sites for hydroxylation is 1. The van der Waals surface area contributed by atoms with E-state index in [0.29, 0.717) is 30.5 Å². The first-order valence-corrected chi connectivity index (χ1v) is 15.3. The molecule has 1 amide bonds. The van der Waals surface area contributed by atoms with E-state index in [0.717, 1.165) is 68.7 Å². The first kappa shape index (κ1) is 27.0. The van der Waals surface area contributed by atoms with Gasteiger partial charge in [-0.2, -0.15) is 0 Å². The second-order valence-corrected chi connectivity index (χ2v) is 13.3. The Kier molecular flexibility index (Phi) is 5.98. The molecule has 3 saturated heterocycles. The Morgan fingerprint density at radius 3 is 2.55 bits per heavy atom. The van der Waals surface area contributed by atoms with Crippen molar-refractivity contribution in [3.8, 4) is 0 Å². The first-order chi connectivity index (χ1) is 21.2. The van der Waals surface area contributed by atoms with Crippen molar-refractivity contribution in [2.24, 2.45) is 10.8 Å². The molecule has 3 aromatic heterocycles. The molecule has 2 atom stereocenters. The summed E-state index contributed by atoms with van der Waals surface area (Å²) in [6.45, 7) is 6.59. The van der Waals surface area contributed by atoms with Gasteiger partial charge >= 0.3 is 5.97 Å². The van der Waals surface area contributed by atoms with Crippen LogP contribution in [0.25, 0.3) is 5.65 Å². The number of hydrogen-bond acceptors (Lipinski definition) is 7. The van der Waals surface area contributed by atoms with Crippen molar-refractivity contribution in [1.29, 1.82) is 0 Å². The van der Waals surface area contributed by atoms with Gasteiger partial charge in [0.15, 0.2) is 11.3 Å². The number of aromatic carboxylic acids is 1. The lowest BCUT2D eigenvalue weighted by molar-refractivity contribution is 0.0518. The highest BCUT2D eigenvalue weighted by Gasteiger charge is 2.55. The van der Waals surface area contributed by atoms with Gasteiger partial charge in [0.1, 0.15) is 11.6 Å². The maximum Gasteiger partial charge on any atom is 0.354 e. The van der Waals surface area contributed by atoms with Crippen LogP contribution in [-0.4, -0.2) is 80.7 Å². The lowest BCUT2D eigenvalue weighted by Gasteiger charge is -2.61. The SMILES string of the molecule is Cc1cc(N2CC3(CC[C@H]3c3cccc(F)c3)C2)cn2nc(C(=O)N3CC[C@@]4(CCN(c5cccc(C(=O)O)n5)C4)C3)nc12. The smallest absolute Gasteiger partial charge is 0.354 e. The molecular formula is C33H34FN7O3. The van der Waals surface area contributed by atoms with E-state index >= 15 is 0 Å². The van der Waals surface area contributed by atoms with Gasteiger partial charge < -0.3 is 19.8 Å². The number of benzene rings is 1. The van der Waals surface area contributed by atoms with Crippen molar-refractivity contribution in [3.05, 3.63) is 83.2 Å². The summed E-state index contributed by atoms with van der Waals surface area (Å²) in [5.41, 5.74) is 3.96. The molecular weight excluding hydrogens is 561 g/mol. The third-order valence-corrected chi connectivity index (χ3v) is 10.5. The predicted molar refractivity (Wildman–Crippen MR) is 162 cm³/mol. The molecule has 3 aliphatic heterocycles. The van der Waals surface area contributed by atoms with Crippen molar-refractivity contribution >= 4 is 29.0 Å². The van der Waals surface area contributed by atoms with E-state index in [1.165, 1.54) is 12.1 Å². The second-order valence-electron chi connectivity index (χ2n) is 13.3. The third-order valence-electron chi connectivity index (χ3n) is 10.5. The van der Waals surface area contributed by atoms with Gasteiger partial charge in [0, 0.05) is 50.1 Å². The number of carbonyl (C=O) groups is 2. The predicted octanol–water partition coefficient (Wildman–Crippen LogP) is 4.40. The van der Waals surface area contributed by atoms with Crippen LogP contribution in [0.15, 0.2) is 54.7 Å². The number of carboxylic acid groups (broad SMARTS) is 1. The normalized spacial score (nSPS) is 23.9. The number of fused-ring (bicyclic) bond motifs is 1. The standard InChI is InChI=1S/C33H34FN7O3/c1-21-14-24(40-19-33(20-40)9-8-25(33)22-4-2-5-23(34)15-22)16-41-29(21)36-28(37-41)30(42)39-13-11-32(18-39)10-12-38(17-32)27-7-3-6-26(35-27)31(43)44/h2-7,14-16,25H,8-13,17-20H2,1H3,(H,43,44)/t25-,32+/m0/s1. The number of anilines is 2. The van der Waals surface area contributed by atoms with Crippen LogP contribution in [0, 0.1) is 23.6 Å². The molecule has 4 fully saturated rings. The van der Waals surface area contributed by atoms with E-state index in [4.69, 9.17) is 0 Å². The molecule has 1 saturated carbocycles. The zero-order valence-corrected chi connectivity index (χ0v) is 24.6. The van der Waals surface area contributed by atoms with E-state index in [1.807, 2.05) is 30.2 Å². The van der Waals surface area contributed by atoms with Crippen LogP contribution in [0.4, 0.5) is 15.9 Å². The molecule has 4 aliphatic rings. The molecule has 226 valence electrons. The topological polar surface area (TPSA) is 107 Å². The van der Waals surface area contributed by atoms with E-state index in [9.17, 15) is 19.1 Å². The summed E-state index contributed by atoms with van der Waals surface area (Å²) in [6.07, 6.45) is 5.99. The minimum atomic E-state index is -1.04. The van der Waals surface area contributed by atoms with E-state index < -0.39 is 5.97 Å². The van der Waals surface area contributed by atoms with Gasteiger partial charge in [-0.3, -0.25) is 4.79 Å². The van der Waals surface area contributed by atoms with Crippen molar-refractivity contribution in [2.45, 2.75) is 38.5 Å². The Hall–Kier alpha value is -4.54. The summed E-state index contributed by atoms with van der Waals surface area (Å²) in [6, 6.07) is 14.2. The molecule has 6 heterocycles. The molecule has 4 aromatic rings. The molecule has 0 radical (unpaired) electrons. The Morgan fingerprint density at radius 1 is 0.955 bits per heavy atom. The number of nitrogens with zero attached hydrogens (tertiary/aromatic N) is 7. The highest BCUT2D eigenvalue weighted by Crippen LogP contribution is 2.58. The Balaban J connectivity index is 0.950. The van der Waals surface area contributed by atoms with E-state index in [-0.39, 0.29) is 34.1 Å². The molecule has 10 nitrogen and oxygen atoms in total. The molecule has 0 unspecified atom stereocenters. The average molecular weight is 596 g/mol. The van der Waals surface area contributed by atoms with Crippen LogP contribution in [0.3, 0.4) is 0 Å². The van der Waals surface area contributed by atoms with E-state index in [1.54, 1.807) is 22.7 Å². The van der Waals surface area contributed by atoms with Crippen molar-refractivity contribution in [2.75, 3.05) is 49.1 Å². The first-order valence-electron chi connectivity index (χ1n) is 15.3. The zero-order chi connectivity index (χ0) is 30.2. The number of rotatable bonds is 5. The second kappa shape index (κ2) is 9.73. The van der Waals surface area contributed by atoms with Crippen molar-refractivity contribution < 1.29 is 19.1 Å². The highest BCUT2D eigenvalue weighted by molar-refractivity contribution is 5.91. The van der Waals surface area contributed by atoms with Gasteiger partial charge in [-0.05, 0) is 80.0 Å². The van der Waals surface area contributed by atoms with Crippen LogP contribution in [0.2, 0.25) is 0 Å². The monoisotopic (exact) mass is 595 g/mol. The fourth-order valence-corrected chi connectivity index (χ4v) is 8.04. The number of pyridine rings is 2. The summed E-state index contributed by atoms with van der Waals surface area (Å²) in [4.78, 5) is 40.3. The lowest BCUT2D eigenvalue weighted by atomic mass is 9.53. The number of carboxylic acids is 1. The molecule has 2 spiro atoms. The number of likely N-dealkylation sites (tertiary alicyclic amines) is 1. The lowest BCUT2D eigenvalue weighted by Crippen LogP contribution is -2.63. The molecule has 1 aliphatic carbocycles. The van der Waals surface area contributed by atoms with Gasteiger partial charge in [-0.1, -0.05) is 18.2 Å². The highest BCUT2D eigenvalue weighted by atomic mass is 19.1. The molecule has 1 aromatic carbocycles. The fourth-order valence-electron chi connectivity index (χ4n) is 8.04. The minimum absolute atomic E-state index is 0.0350. The van der Waals surface area contributed by atoms with Crippen LogP contribution in [0.1, 0.15) is 63.8 Å². The van der Waals surface area contributed by atoms with Gasteiger partial charge in [-0.15, -0.1) is 5.10 Å². The third kappa shape index (κ3) is 4.31.